The van der Waals surface area contributed by atoms with Crippen LogP contribution in [0.15, 0.2) is 36.5 Å². The van der Waals surface area contributed by atoms with E-state index in [9.17, 15) is 4.39 Å². The second-order valence-electron chi connectivity index (χ2n) is 6.31. The fourth-order valence-corrected chi connectivity index (χ4v) is 3.13. The second kappa shape index (κ2) is 3.66. The first-order valence-electron chi connectivity index (χ1n) is 6.62. The summed E-state index contributed by atoms with van der Waals surface area (Å²) in [5, 5.41) is 0. The summed E-state index contributed by atoms with van der Waals surface area (Å²) in [6, 6.07) is 9.35. The van der Waals surface area contributed by atoms with Gasteiger partial charge in [-0.05, 0) is 17.7 Å². The number of hydrogen-bond donors (Lipinski definition) is 0. The summed E-state index contributed by atoms with van der Waals surface area (Å²) in [6.45, 7) is 8.57. The number of fused-ring (bicyclic) bond motifs is 3. The van der Waals surface area contributed by atoms with Crippen LogP contribution in [0.2, 0.25) is 0 Å². The van der Waals surface area contributed by atoms with Gasteiger partial charge in [0.15, 0.2) is 0 Å². The molecule has 0 fully saturated rings. The molecule has 1 aromatic heterocycles. The average Bonchev–Trinajstić information content (AvgIpc) is 2.36. The molecule has 2 heteroatoms. The van der Waals surface area contributed by atoms with E-state index in [0.717, 1.165) is 16.8 Å². The molecule has 0 N–H and O–H groups in total. The molecule has 1 aromatic carbocycles. The van der Waals surface area contributed by atoms with Crippen molar-refractivity contribution in [2.45, 2.75) is 38.5 Å². The highest BCUT2D eigenvalue weighted by Gasteiger charge is 2.47. The van der Waals surface area contributed by atoms with Crippen molar-refractivity contribution in [3.63, 3.8) is 0 Å². The van der Waals surface area contributed by atoms with Gasteiger partial charge < -0.3 is 0 Å². The summed E-state index contributed by atoms with van der Waals surface area (Å²) in [6.07, 6.45) is 1.78. The van der Waals surface area contributed by atoms with Crippen molar-refractivity contribution in [2.75, 3.05) is 0 Å². The van der Waals surface area contributed by atoms with Crippen molar-refractivity contribution in [3.05, 3.63) is 53.5 Å². The van der Waals surface area contributed by atoms with Gasteiger partial charge in [0, 0.05) is 28.2 Å². The summed E-state index contributed by atoms with van der Waals surface area (Å²) in [4.78, 5) is 4.50. The Morgan fingerprint density at radius 2 is 1.68 bits per heavy atom. The molecule has 0 unspecified atom stereocenters. The quantitative estimate of drug-likeness (QED) is 0.677. The summed E-state index contributed by atoms with van der Waals surface area (Å²) in [7, 11) is 0. The fraction of sp³-hybridized carbons (Fsp3) is 0.353. The predicted octanol–water partition coefficient (Wildman–Crippen LogP) is 4.46. The maximum absolute atomic E-state index is 14.4. The monoisotopic (exact) mass is 255 g/mol. The fourth-order valence-electron chi connectivity index (χ4n) is 3.13. The van der Waals surface area contributed by atoms with Gasteiger partial charge in [0.25, 0.3) is 0 Å². The Kier molecular flexibility index (Phi) is 2.38. The van der Waals surface area contributed by atoms with Crippen molar-refractivity contribution in [2.24, 2.45) is 0 Å². The standard InChI is InChI=1S/C17H18FN/c1-16(2)12-8-6-10-19-15(12)11-7-5-9-13(18)14(11)17(16,3)4/h5-10H,1-4H3. The van der Waals surface area contributed by atoms with Crippen molar-refractivity contribution >= 4 is 0 Å². The molecule has 0 aliphatic heterocycles. The average molecular weight is 255 g/mol. The number of benzene rings is 1. The molecule has 0 saturated carbocycles. The van der Waals surface area contributed by atoms with E-state index in [-0.39, 0.29) is 16.6 Å². The second-order valence-corrected chi connectivity index (χ2v) is 6.31. The van der Waals surface area contributed by atoms with Gasteiger partial charge in [-0.15, -0.1) is 0 Å². The van der Waals surface area contributed by atoms with Gasteiger partial charge in [-0.1, -0.05) is 45.9 Å². The summed E-state index contributed by atoms with van der Waals surface area (Å²) in [5.41, 5.74) is 3.39. The number of nitrogens with zero attached hydrogens (tertiary/aromatic N) is 1. The molecule has 0 atom stereocenters. The highest BCUT2D eigenvalue weighted by molar-refractivity contribution is 5.74. The molecule has 98 valence electrons. The van der Waals surface area contributed by atoms with Crippen LogP contribution < -0.4 is 0 Å². The lowest BCUT2D eigenvalue weighted by atomic mass is 9.56. The zero-order valence-electron chi connectivity index (χ0n) is 11.8. The number of halogens is 1. The van der Waals surface area contributed by atoms with E-state index in [2.05, 4.69) is 38.7 Å². The van der Waals surface area contributed by atoms with Crippen LogP contribution in [0, 0.1) is 5.82 Å². The van der Waals surface area contributed by atoms with Crippen molar-refractivity contribution < 1.29 is 4.39 Å². The lowest BCUT2D eigenvalue weighted by Crippen LogP contribution is -2.44. The van der Waals surface area contributed by atoms with Gasteiger partial charge in [-0.25, -0.2) is 4.39 Å². The zero-order valence-corrected chi connectivity index (χ0v) is 11.8. The Balaban J connectivity index is 2.47. The zero-order chi connectivity index (χ0) is 13.8. The van der Waals surface area contributed by atoms with Crippen LogP contribution in [-0.2, 0) is 10.8 Å². The molecule has 1 heterocycles. The van der Waals surface area contributed by atoms with Crippen molar-refractivity contribution in [3.8, 4) is 11.3 Å². The molecule has 1 aliphatic carbocycles. The molecule has 2 aromatic rings. The SMILES string of the molecule is CC1(C)c2cccnc2-c2cccc(F)c2C1(C)C. The molecule has 0 radical (unpaired) electrons. The van der Waals surface area contributed by atoms with E-state index in [0.29, 0.717) is 0 Å². The normalized spacial score (nSPS) is 18.6. The largest absolute Gasteiger partial charge is 0.256 e. The Hall–Kier alpha value is -1.70. The first kappa shape index (κ1) is 12.3. The van der Waals surface area contributed by atoms with Gasteiger partial charge in [0.05, 0.1) is 5.69 Å². The smallest absolute Gasteiger partial charge is 0.127 e. The minimum atomic E-state index is -0.274. The number of pyridine rings is 1. The maximum Gasteiger partial charge on any atom is 0.127 e. The molecule has 0 saturated heterocycles. The van der Waals surface area contributed by atoms with Crippen molar-refractivity contribution in [1.82, 2.24) is 4.98 Å². The van der Waals surface area contributed by atoms with E-state index in [4.69, 9.17) is 0 Å². The van der Waals surface area contributed by atoms with Gasteiger partial charge in [0.1, 0.15) is 5.82 Å². The van der Waals surface area contributed by atoms with Gasteiger partial charge >= 0.3 is 0 Å². The Morgan fingerprint density at radius 3 is 2.42 bits per heavy atom. The third-order valence-corrected chi connectivity index (χ3v) is 4.94. The number of aromatic nitrogens is 1. The predicted molar refractivity (Wildman–Crippen MR) is 75.7 cm³/mol. The molecule has 1 nitrogen and oxygen atoms in total. The highest BCUT2D eigenvalue weighted by atomic mass is 19.1. The van der Waals surface area contributed by atoms with E-state index in [1.165, 1.54) is 5.56 Å². The molecular weight excluding hydrogens is 237 g/mol. The van der Waals surface area contributed by atoms with Gasteiger partial charge in [-0.3, -0.25) is 4.98 Å². The summed E-state index contributed by atoms with van der Waals surface area (Å²) < 4.78 is 14.4. The lowest BCUT2D eigenvalue weighted by Gasteiger charge is -2.47. The van der Waals surface area contributed by atoms with Crippen molar-refractivity contribution in [1.29, 1.82) is 0 Å². The van der Waals surface area contributed by atoms with Gasteiger partial charge in [-0.2, -0.15) is 0 Å². The molecule has 0 bridgehead atoms. The van der Waals surface area contributed by atoms with E-state index in [1.807, 2.05) is 12.1 Å². The lowest BCUT2D eigenvalue weighted by molar-refractivity contribution is 0.288. The number of hydrogen-bond acceptors (Lipinski definition) is 1. The van der Waals surface area contributed by atoms with Crippen LogP contribution in [-0.4, -0.2) is 4.98 Å². The molecular formula is C17H18FN. The molecule has 0 spiro atoms. The molecule has 0 amide bonds. The third kappa shape index (κ3) is 1.43. The maximum atomic E-state index is 14.4. The van der Waals surface area contributed by atoms with E-state index in [1.54, 1.807) is 18.3 Å². The van der Waals surface area contributed by atoms with E-state index < -0.39 is 0 Å². The van der Waals surface area contributed by atoms with Crippen LogP contribution in [0.1, 0.15) is 38.8 Å². The minimum Gasteiger partial charge on any atom is -0.256 e. The van der Waals surface area contributed by atoms with Crippen LogP contribution >= 0.6 is 0 Å². The van der Waals surface area contributed by atoms with E-state index >= 15 is 0 Å². The Bertz CT molecular complexity index is 656. The Morgan fingerprint density at radius 1 is 0.947 bits per heavy atom. The van der Waals surface area contributed by atoms with Gasteiger partial charge in [0.2, 0.25) is 0 Å². The van der Waals surface area contributed by atoms with Crippen LogP contribution in [0.5, 0.6) is 0 Å². The first-order chi connectivity index (χ1) is 8.87. The van der Waals surface area contributed by atoms with Crippen LogP contribution in [0.4, 0.5) is 4.39 Å². The first-order valence-corrected chi connectivity index (χ1v) is 6.62. The molecule has 19 heavy (non-hydrogen) atoms. The van der Waals surface area contributed by atoms with Crippen LogP contribution in [0.3, 0.4) is 0 Å². The molecule has 1 aliphatic rings. The summed E-state index contributed by atoms with van der Waals surface area (Å²) in [5.74, 6) is -0.133. The topological polar surface area (TPSA) is 12.9 Å². The Labute approximate surface area is 113 Å². The summed E-state index contributed by atoms with van der Waals surface area (Å²) >= 11 is 0. The number of rotatable bonds is 0. The van der Waals surface area contributed by atoms with Crippen LogP contribution in [0.25, 0.3) is 11.3 Å². The highest BCUT2D eigenvalue weighted by Crippen LogP contribution is 2.53. The minimum absolute atomic E-state index is 0.133. The molecule has 3 rings (SSSR count). The third-order valence-electron chi connectivity index (χ3n) is 4.94.